The number of nitrogens with one attached hydrogen (secondary N) is 1. The molecule has 0 aromatic carbocycles. The van der Waals surface area contributed by atoms with Crippen LogP contribution in [0, 0.1) is 13.8 Å². The Hall–Kier alpha value is -2.70. The van der Waals surface area contributed by atoms with E-state index in [1.54, 1.807) is 12.5 Å². The van der Waals surface area contributed by atoms with Crippen molar-refractivity contribution < 1.29 is 0 Å². The molecule has 0 saturated carbocycles. The third kappa shape index (κ3) is 2.89. The van der Waals surface area contributed by atoms with Gasteiger partial charge in [0.15, 0.2) is 5.65 Å². The zero-order valence-corrected chi connectivity index (χ0v) is 14.0. The molecule has 7 heteroatoms. The molecule has 3 aromatic heterocycles. The Morgan fingerprint density at radius 3 is 2.71 bits per heavy atom. The van der Waals surface area contributed by atoms with E-state index in [9.17, 15) is 0 Å². The Balaban J connectivity index is 1.46. The zero-order chi connectivity index (χ0) is 16.5. The summed E-state index contributed by atoms with van der Waals surface area (Å²) in [7, 11) is 0. The monoisotopic (exact) mass is 323 g/mol. The number of aryl methyl sites for hydroxylation is 2. The van der Waals surface area contributed by atoms with Gasteiger partial charge in [0.2, 0.25) is 0 Å². The number of aromatic nitrogens is 5. The van der Waals surface area contributed by atoms with Crippen molar-refractivity contribution in [3.05, 3.63) is 42.1 Å². The van der Waals surface area contributed by atoms with Crippen LogP contribution in [0.5, 0.6) is 0 Å². The van der Waals surface area contributed by atoms with Crippen molar-refractivity contribution in [3.8, 4) is 0 Å². The number of hydrogen-bond donors (Lipinski definition) is 1. The van der Waals surface area contributed by atoms with E-state index in [1.165, 1.54) is 0 Å². The molecule has 4 rings (SSSR count). The lowest BCUT2D eigenvalue weighted by Crippen LogP contribution is -2.40. The first-order valence-electron chi connectivity index (χ1n) is 8.30. The lowest BCUT2D eigenvalue weighted by atomic mass is 10.0. The molecule has 0 unspecified atom stereocenters. The van der Waals surface area contributed by atoms with Crippen molar-refractivity contribution in [2.45, 2.75) is 32.7 Å². The summed E-state index contributed by atoms with van der Waals surface area (Å²) in [6.45, 7) is 5.99. The molecular weight excluding hydrogens is 302 g/mol. The molecular formula is C17H21N7. The van der Waals surface area contributed by atoms with Crippen molar-refractivity contribution in [1.82, 2.24) is 24.6 Å². The number of hydrogen-bond acceptors (Lipinski definition) is 6. The second-order valence-electron chi connectivity index (χ2n) is 6.31. The van der Waals surface area contributed by atoms with Gasteiger partial charge in [-0.3, -0.25) is 0 Å². The maximum absolute atomic E-state index is 4.52. The van der Waals surface area contributed by atoms with Crippen molar-refractivity contribution in [3.63, 3.8) is 0 Å². The van der Waals surface area contributed by atoms with Crippen LogP contribution >= 0.6 is 0 Å². The predicted molar refractivity (Wildman–Crippen MR) is 93.4 cm³/mol. The molecule has 0 spiro atoms. The minimum Gasteiger partial charge on any atom is -0.367 e. The van der Waals surface area contributed by atoms with Crippen LogP contribution in [-0.4, -0.2) is 43.7 Å². The minimum absolute atomic E-state index is 0.437. The summed E-state index contributed by atoms with van der Waals surface area (Å²) in [5.74, 6) is 2.04. The van der Waals surface area contributed by atoms with Gasteiger partial charge in [-0.1, -0.05) is 0 Å². The van der Waals surface area contributed by atoms with Gasteiger partial charge in [-0.15, -0.1) is 0 Å². The van der Waals surface area contributed by atoms with Crippen LogP contribution in [0.15, 0.2) is 30.7 Å². The highest BCUT2D eigenvalue weighted by Crippen LogP contribution is 2.22. The number of nitrogens with zero attached hydrogens (tertiary/aromatic N) is 6. The van der Waals surface area contributed by atoms with Crippen LogP contribution in [0.2, 0.25) is 0 Å². The van der Waals surface area contributed by atoms with Crippen LogP contribution in [0.1, 0.15) is 24.2 Å². The number of fused-ring (bicyclic) bond motifs is 1. The van der Waals surface area contributed by atoms with Crippen molar-refractivity contribution >= 4 is 17.3 Å². The first kappa shape index (κ1) is 14.9. The van der Waals surface area contributed by atoms with E-state index in [-0.39, 0.29) is 0 Å². The van der Waals surface area contributed by atoms with E-state index in [1.807, 2.05) is 30.5 Å². The number of rotatable bonds is 3. The van der Waals surface area contributed by atoms with E-state index in [0.29, 0.717) is 6.04 Å². The molecule has 24 heavy (non-hydrogen) atoms. The first-order chi connectivity index (χ1) is 11.7. The van der Waals surface area contributed by atoms with Gasteiger partial charge in [0.05, 0.1) is 6.20 Å². The SMILES string of the molecule is Cc1cc(NC2CCN(c3cc(C)nc4ccnn34)CC2)ncn1. The normalized spacial score (nSPS) is 15.8. The molecule has 1 N–H and O–H groups in total. The Labute approximate surface area is 140 Å². The second kappa shape index (κ2) is 6.07. The van der Waals surface area contributed by atoms with Crippen molar-refractivity contribution in [1.29, 1.82) is 0 Å². The maximum Gasteiger partial charge on any atom is 0.157 e. The molecule has 7 nitrogen and oxygen atoms in total. The Kier molecular flexibility index (Phi) is 3.76. The fraction of sp³-hybridized carbons (Fsp3) is 0.412. The molecule has 0 amide bonds. The molecule has 4 heterocycles. The van der Waals surface area contributed by atoms with Crippen LogP contribution < -0.4 is 10.2 Å². The quantitative estimate of drug-likeness (QED) is 0.797. The van der Waals surface area contributed by atoms with Gasteiger partial charge in [0.25, 0.3) is 0 Å². The van der Waals surface area contributed by atoms with Crippen molar-refractivity contribution in [2.24, 2.45) is 0 Å². The van der Waals surface area contributed by atoms with Gasteiger partial charge in [0, 0.05) is 48.7 Å². The molecule has 0 atom stereocenters. The van der Waals surface area contributed by atoms with E-state index < -0.39 is 0 Å². The lowest BCUT2D eigenvalue weighted by Gasteiger charge is -2.34. The summed E-state index contributed by atoms with van der Waals surface area (Å²) in [4.78, 5) is 15.3. The highest BCUT2D eigenvalue weighted by Gasteiger charge is 2.22. The highest BCUT2D eigenvalue weighted by atomic mass is 15.3. The number of anilines is 2. The second-order valence-corrected chi connectivity index (χ2v) is 6.31. The van der Waals surface area contributed by atoms with Crippen LogP contribution in [0.25, 0.3) is 5.65 Å². The summed E-state index contributed by atoms with van der Waals surface area (Å²) >= 11 is 0. The highest BCUT2D eigenvalue weighted by molar-refractivity contribution is 5.51. The average molecular weight is 323 g/mol. The van der Waals surface area contributed by atoms with E-state index in [2.05, 4.69) is 36.3 Å². The molecule has 0 bridgehead atoms. The third-order valence-corrected chi connectivity index (χ3v) is 4.44. The van der Waals surface area contributed by atoms with E-state index >= 15 is 0 Å². The van der Waals surface area contributed by atoms with Crippen LogP contribution in [0.4, 0.5) is 11.6 Å². The first-order valence-corrected chi connectivity index (χ1v) is 8.30. The summed E-state index contributed by atoms with van der Waals surface area (Å²) in [5.41, 5.74) is 2.91. The molecule has 1 aliphatic heterocycles. The minimum atomic E-state index is 0.437. The van der Waals surface area contributed by atoms with Gasteiger partial charge >= 0.3 is 0 Å². The standard InChI is InChI=1S/C17H21N7/c1-12-9-15(19-11-18-12)22-14-4-7-23(8-5-14)17-10-13(2)21-16-3-6-20-24(16)17/h3,6,9-11,14H,4-5,7-8H2,1-2H3,(H,18,19,22). The maximum atomic E-state index is 4.52. The van der Waals surface area contributed by atoms with Crippen LogP contribution in [-0.2, 0) is 0 Å². The van der Waals surface area contributed by atoms with Gasteiger partial charge in [-0.2, -0.15) is 9.61 Å². The Morgan fingerprint density at radius 2 is 1.92 bits per heavy atom. The van der Waals surface area contributed by atoms with Gasteiger partial charge in [-0.25, -0.2) is 15.0 Å². The molecule has 0 aliphatic carbocycles. The van der Waals surface area contributed by atoms with Gasteiger partial charge in [0.1, 0.15) is 18.0 Å². The van der Waals surface area contributed by atoms with Crippen molar-refractivity contribution in [2.75, 3.05) is 23.3 Å². The molecule has 3 aromatic rings. The number of piperidine rings is 1. The fourth-order valence-corrected chi connectivity index (χ4v) is 3.24. The molecule has 1 fully saturated rings. The predicted octanol–water partition coefficient (Wildman–Crippen LogP) is 2.22. The molecule has 124 valence electrons. The summed E-state index contributed by atoms with van der Waals surface area (Å²) < 4.78 is 1.93. The Morgan fingerprint density at radius 1 is 1.08 bits per heavy atom. The summed E-state index contributed by atoms with van der Waals surface area (Å²) in [6, 6.07) is 6.49. The van der Waals surface area contributed by atoms with Gasteiger partial charge < -0.3 is 10.2 Å². The fourth-order valence-electron chi connectivity index (χ4n) is 3.24. The van der Waals surface area contributed by atoms with E-state index in [0.717, 1.165) is 54.6 Å². The Bertz CT molecular complexity index is 849. The van der Waals surface area contributed by atoms with Gasteiger partial charge in [-0.05, 0) is 26.7 Å². The smallest absolute Gasteiger partial charge is 0.157 e. The zero-order valence-electron chi connectivity index (χ0n) is 14.0. The lowest BCUT2D eigenvalue weighted by molar-refractivity contribution is 0.519. The molecule has 0 radical (unpaired) electrons. The largest absolute Gasteiger partial charge is 0.367 e. The topological polar surface area (TPSA) is 71.2 Å². The van der Waals surface area contributed by atoms with E-state index in [4.69, 9.17) is 0 Å². The molecule has 1 saturated heterocycles. The third-order valence-electron chi connectivity index (χ3n) is 4.44. The average Bonchev–Trinajstić information content (AvgIpc) is 3.03. The summed E-state index contributed by atoms with van der Waals surface area (Å²) in [5, 5.41) is 7.94. The summed E-state index contributed by atoms with van der Waals surface area (Å²) in [6.07, 6.45) is 5.54. The van der Waals surface area contributed by atoms with Crippen LogP contribution in [0.3, 0.4) is 0 Å². The molecule has 1 aliphatic rings.